The highest BCUT2D eigenvalue weighted by Gasteiger charge is 2.11. The lowest BCUT2D eigenvalue weighted by molar-refractivity contribution is -0.131. The number of carboxylic acid groups (broad SMARTS) is 1. The molecule has 2 aromatic rings. The maximum Gasteiger partial charge on any atom is 0.328 e. The minimum Gasteiger partial charge on any atom is -0.508 e. The van der Waals surface area contributed by atoms with E-state index in [1.165, 1.54) is 24.3 Å². The standard InChI is InChI=1S/C15H12O5/c1-8-12(17)7-9(5-6-13(18)19)10-3-2-4-11(16)15(20)14(8)10/h2-7,17H,1H3,(H,16,20)(H,18,19)/b6-5+. The summed E-state index contributed by atoms with van der Waals surface area (Å²) in [5.74, 6) is -1.72. The fourth-order valence-corrected chi connectivity index (χ4v) is 2.03. The van der Waals surface area contributed by atoms with Crippen molar-refractivity contribution in [2.75, 3.05) is 0 Å². The molecule has 3 N–H and O–H groups in total. The molecule has 0 unspecified atom stereocenters. The normalized spacial score (nSPS) is 11.1. The number of carbonyl (C=O) groups is 1. The average Bonchev–Trinajstić information content (AvgIpc) is 2.53. The van der Waals surface area contributed by atoms with Crippen molar-refractivity contribution in [3.63, 3.8) is 0 Å². The number of phenols is 1. The molecule has 0 amide bonds. The molecule has 0 aliphatic carbocycles. The number of aliphatic carboxylic acids is 1. The van der Waals surface area contributed by atoms with Crippen LogP contribution >= 0.6 is 0 Å². The molecule has 0 spiro atoms. The average molecular weight is 272 g/mol. The number of fused-ring (bicyclic) bond motifs is 1. The van der Waals surface area contributed by atoms with Crippen molar-refractivity contribution in [3.05, 3.63) is 51.7 Å². The van der Waals surface area contributed by atoms with Crippen LogP contribution in [0.25, 0.3) is 16.8 Å². The summed E-state index contributed by atoms with van der Waals surface area (Å²) in [4.78, 5) is 22.2. The van der Waals surface area contributed by atoms with Crippen molar-refractivity contribution >= 4 is 22.8 Å². The Morgan fingerprint density at radius 2 is 1.95 bits per heavy atom. The number of hydrogen-bond donors (Lipinski definition) is 3. The molecule has 5 nitrogen and oxygen atoms in total. The first kappa shape index (κ1) is 13.6. The van der Waals surface area contributed by atoms with Gasteiger partial charge in [0.15, 0.2) is 5.75 Å². The van der Waals surface area contributed by atoms with Gasteiger partial charge in [0, 0.05) is 17.0 Å². The lowest BCUT2D eigenvalue weighted by atomic mass is 10.0. The van der Waals surface area contributed by atoms with Crippen LogP contribution in [0, 0.1) is 6.92 Å². The van der Waals surface area contributed by atoms with E-state index >= 15 is 0 Å². The maximum atomic E-state index is 11.6. The molecule has 0 aliphatic rings. The molecule has 20 heavy (non-hydrogen) atoms. The third-order valence-electron chi connectivity index (χ3n) is 3.02. The van der Waals surface area contributed by atoms with Crippen LogP contribution in [-0.4, -0.2) is 21.3 Å². The molecule has 0 aromatic heterocycles. The van der Waals surface area contributed by atoms with Crippen LogP contribution in [0.4, 0.5) is 0 Å². The largest absolute Gasteiger partial charge is 0.508 e. The monoisotopic (exact) mass is 272 g/mol. The predicted molar refractivity (Wildman–Crippen MR) is 75.0 cm³/mol. The van der Waals surface area contributed by atoms with Crippen LogP contribution in [0.3, 0.4) is 0 Å². The Morgan fingerprint density at radius 3 is 2.60 bits per heavy atom. The van der Waals surface area contributed by atoms with Crippen molar-refractivity contribution in [1.29, 1.82) is 0 Å². The summed E-state index contributed by atoms with van der Waals surface area (Å²) in [6, 6.07) is 5.65. The van der Waals surface area contributed by atoms with Crippen LogP contribution in [0.5, 0.6) is 11.5 Å². The molecule has 2 aromatic carbocycles. The first-order valence-electron chi connectivity index (χ1n) is 5.81. The van der Waals surface area contributed by atoms with Crippen LogP contribution in [0.15, 0.2) is 35.1 Å². The molecular formula is C15H12O5. The quantitative estimate of drug-likeness (QED) is 0.727. The first-order valence-corrected chi connectivity index (χ1v) is 5.81. The fraction of sp³-hybridized carbons (Fsp3) is 0.0667. The SMILES string of the molecule is Cc1c(O)cc(/C=C/C(=O)O)c2cccc(=O)c(O)c12. The molecule has 0 saturated carbocycles. The highest BCUT2D eigenvalue weighted by atomic mass is 16.4. The van der Waals surface area contributed by atoms with Gasteiger partial charge in [-0.05, 0) is 36.1 Å². The highest BCUT2D eigenvalue weighted by molar-refractivity contribution is 5.99. The van der Waals surface area contributed by atoms with E-state index in [-0.39, 0.29) is 11.1 Å². The van der Waals surface area contributed by atoms with Crippen molar-refractivity contribution < 1.29 is 20.1 Å². The summed E-state index contributed by atoms with van der Waals surface area (Å²) in [6.07, 6.45) is 2.22. The minimum atomic E-state index is -1.13. The molecular weight excluding hydrogens is 260 g/mol. The van der Waals surface area contributed by atoms with Gasteiger partial charge in [-0.25, -0.2) is 4.79 Å². The second-order valence-electron chi connectivity index (χ2n) is 4.31. The highest BCUT2D eigenvalue weighted by Crippen LogP contribution is 2.33. The molecule has 0 fully saturated rings. The van der Waals surface area contributed by atoms with Crippen LogP contribution in [0.2, 0.25) is 0 Å². The summed E-state index contributed by atoms with van der Waals surface area (Å²) >= 11 is 0. The zero-order chi connectivity index (χ0) is 14.9. The molecule has 102 valence electrons. The van der Waals surface area contributed by atoms with E-state index in [9.17, 15) is 19.8 Å². The molecule has 0 bridgehead atoms. The van der Waals surface area contributed by atoms with Crippen LogP contribution in [-0.2, 0) is 4.79 Å². The van der Waals surface area contributed by atoms with Gasteiger partial charge in [0.2, 0.25) is 5.43 Å². The number of aryl methyl sites for hydroxylation is 1. The van der Waals surface area contributed by atoms with Gasteiger partial charge in [-0.3, -0.25) is 4.79 Å². The number of carboxylic acids is 1. The Kier molecular flexibility index (Phi) is 3.43. The van der Waals surface area contributed by atoms with E-state index in [1.54, 1.807) is 13.0 Å². The van der Waals surface area contributed by atoms with Crippen molar-refractivity contribution in [1.82, 2.24) is 0 Å². The number of phenolic OH excluding ortho intramolecular Hbond substituents is 1. The third-order valence-corrected chi connectivity index (χ3v) is 3.02. The molecule has 0 radical (unpaired) electrons. The molecule has 0 aliphatic heterocycles. The Labute approximate surface area is 114 Å². The van der Waals surface area contributed by atoms with Gasteiger partial charge in [0.1, 0.15) is 5.75 Å². The lowest BCUT2D eigenvalue weighted by Gasteiger charge is -2.07. The van der Waals surface area contributed by atoms with E-state index in [1.807, 2.05) is 0 Å². The van der Waals surface area contributed by atoms with E-state index in [4.69, 9.17) is 5.11 Å². The third kappa shape index (κ3) is 2.33. The van der Waals surface area contributed by atoms with E-state index in [0.29, 0.717) is 16.5 Å². The molecule has 2 rings (SSSR count). The summed E-state index contributed by atoms with van der Waals surface area (Å²) in [5.41, 5.74) is 0.191. The zero-order valence-electron chi connectivity index (χ0n) is 10.6. The zero-order valence-corrected chi connectivity index (χ0v) is 10.6. The van der Waals surface area contributed by atoms with Gasteiger partial charge in [0.05, 0.1) is 0 Å². The van der Waals surface area contributed by atoms with Crippen LogP contribution < -0.4 is 5.43 Å². The second-order valence-corrected chi connectivity index (χ2v) is 4.31. The van der Waals surface area contributed by atoms with Gasteiger partial charge in [-0.1, -0.05) is 12.1 Å². The summed E-state index contributed by atoms with van der Waals surface area (Å²) < 4.78 is 0. The summed E-state index contributed by atoms with van der Waals surface area (Å²) in [6.45, 7) is 1.57. The Hall–Kier alpha value is -2.82. The van der Waals surface area contributed by atoms with Gasteiger partial charge in [-0.2, -0.15) is 0 Å². The Bertz CT molecular complexity index is 790. The molecule has 0 saturated heterocycles. The van der Waals surface area contributed by atoms with Gasteiger partial charge in [-0.15, -0.1) is 0 Å². The van der Waals surface area contributed by atoms with Gasteiger partial charge < -0.3 is 15.3 Å². The summed E-state index contributed by atoms with van der Waals surface area (Å²) in [7, 11) is 0. The number of hydrogen-bond acceptors (Lipinski definition) is 4. The number of rotatable bonds is 2. The minimum absolute atomic E-state index is 0.122. The topological polar surface area (TPSA) is 94.8 Å². The number of benzene rings is 1. The smallest absolute Gasteiger partial charge is 0.328 e. The molecule has 0 heterocycles. The lowest BCUT2D eigenvalue weighted by Crippen LogP contribution is -1.94. The van der Waals surface area contributed by atoms with E-state index < -0.39 is 17.1 Å². The summed E-state index contributed by atoms with van der Waals surface area (Å²) in [5, 5.41) is 29.2. The Balaban J connectivity index is 2.97. The number of aromatic hydroxyl groups is 2. The fourth-order valence-electron chi connectivity index (χ4n) is 2.03. The van der Waals surface area contributed by atoms with Crippen molar-refractivity contribution in [2.24, 2.45) is 0 Å². The molecule has 5 heteroatoms. The van der Waals surface area contributed by atoms with E-state index in [2.05, 4.69) is 0 Å². The van der Waals surface area contributed by atoms with E-state index in [0.717, 1.165) is 6.08 Å². The van der Waals surface area contributed by atoms with Crippen LogP contribution in [0.1, 0.15) is 11.1 Å². The second kappa shape index (κ2) is 5.05. The van der Waals surface area contributed by atoms with Gasteiger partial charge >= 0.3 is 5.97 Å². The van der Waals surface area contributed by atoms with Crippen molar-refractivity contribution in [2.45, 2.75) is 6.92 Å². The maximum absolute atomic E-state index is 11.6. The predicted octanol–water partition coefficient (Wildman–Crippen LogP) is 2.02. The van der Waals surface area contributed by atoms with Gasteiger partial charge in [0.25, 0.3) is 0 Å². The molecule has 0 atom stereocenters. The van der Waals surface area contributed by atoms with Crippen molar-refractivity contribution in [3.8, 4) is 11.5 Å². The first-order chi connectivity index (χ1) is 9.41. The Morgan fingerprint density at radius 1 is 1.25 bits per heavy atom.